The molecule has 0 N–H and O–H groups in total. The second kappa shape index (κ2) is 9.47. The second-order valence-electron chi connectivity index (χ2n) is 12.3. The molecular formula is C43H25N3O2. The third-order valence-corrected chi connectivity index (χ3v) is 9.77. The molecule has 0 amide bonds. The second-order valence-corrected chi connectivity index (χ2v) is 12.3. The van der Waals surface area contributed by atoms with Crippen LogP contribution < -0.4 is 0 Å². The highest BCUT2D eigenvalue weighted by Gasteiger charge is 2.24. The van der Waals surface area contributed by atoms with Gasteiger partial charge in [-0.1, -0.05) is 115 Å². The Balaban J connectivity index is 1.27. The largest absolute Gasteiger partial charge is 0.455 e. The van der Waals surface area contributed by atoms with Crippen LogP contribution in [0.2, 0.25) is 0 Å². The molecule has 4 heterocycles. The van der Waals surface area contributed by atoms with Gasteiger partial charge in [0.2, 0.25) is 0 Å². The molecular weight excluding hydrogens is 590 g/mol. The zero-order chi connectivity index (χ0) is 31.3. The summed E-state index contributed by atoms with van der Waals surface area (Å²) in [5.74, 6) is 0. The number of oxazole rings is 1. The molecule has 5 heteroatoms. The van der Waals surface area contributed by atoms with Crippen molar-refractivity contribution in [3.05, 3.63) is 152 Å². The number of hydrogen-bond donors (Lipinski definition) is 0. The van der Waals surface area contributed by atoms with E-state index in [-0.39, 0.29) is 0 Å². The van der Waals surface area contributed by atoms with Gasteiger partial charge in [0.25, 0.3) is 0 Å². The van der Waals surface area contributed by atoms with Crippen molar-refractivity contribution in [2.45, 2.75) is 0 Å². The molecule has 0 aliphatic carbocycles. The Morgan fingerprint density at radius 2 is 1.04 bits per heavy atom. The first kappa shape index (κ1) is 25.6. The van der Waals surface area contributed by atoms with Gasteiger partial charge in [-0.2, -0.15) is 4.98 Å². The summed E-state index contributed by atoms with van der Waals surface area (Å²) in [6, 6.07) is 53.4. The van der Waals surface area contributed by atoms with E-state index < -0.39 is 0 Å². The van der Waals surface area contributed by atoms with Crippen molar-refractivity contribution in [1.82, 2.24) is 14.1 Å². The third kappa shape index (κ3) is 3.37. The van der Waals surface area contributed by atoms with Crippen molar-refractivity contribution < 1.29 is 8.83 Å². The average Bonchev–Trinajstić information content (AvgIpc) is 3.91. The Kier molecular flexibility index (Phi) is 5.05. The molecule has 0 unspecified atom stereocenters. The molecule has 5 nitrogen and oxygen atoms in total. The summed E-state index contributed by atoms with van der Waals surface area (Å²) < 4.78 is 17.9. The molecule has 0 saturated carbocycles. The van der Waals surface area contributed by atoms with E-state index in [9.17, 15) is 0 Å². The van der Waals surface area contributed by atoms with Gasteiger partial charge in [-0.15, -0.1) is 0 Å². The zero-order valence-corrected chi connectivity index (χ0v) is 25.6. The van der Waals surface area contributed by atoms with Gasteiger partial charge in [-0.05, 0) is 42.0 Å². The van der Waals surface area contributed by atoms with Crippen molar-refractivity contribution in [1.29, 1.82) is 0 Å². The van der Waals surface area contributed by atoms with Crippen LogP contribution in [0.25, 0.3) is 99.5 Å². The number of benzene rings is 7. The summed E-state index contributed by atoms with van der Waals surface area (Å²) in [6.07, 6.45) is 0. The molecule has 7 aromatic carbocycles. The van der Waals surface area contributed by atoms with Crippen LogP contribution >= 0.6 is 0 Å². The predicted molar refractivity (Wildman–Crippen MR) is 195 cm³/mol. The van der Waals surface area contributed by atoms with E-state index in [1.807, 2.05) is 18.2 Å². The van der Waals surface area contributed by atoms with Crippen molar-refractivity contribution in [2.75, 3.05) is 0 Å². The highest BCUT2D eigenvalue weighted by Crippen LogP contribution is 2.43. The van der Waals surface area contributed by atoms with Gasteiger partial charge in [0.05, 0.1) is 27.5 Å². The Morgan fingerprint density at radius 3 is 1.79 bits per heavy atom. The molecule has 224 valence electrons. The molecule has 11 aromatic rings. The molecule has 4 aromatic heterocycles. The van der Waals surface area contributed by atoms with Crippen molar-refractivity contribution in [2.24, 2.45) is 0 Å². The quantitative estimate of drug-likeness (QED) is 0.199. The zero-order valence-electron chi connectivity index (χ0n) is 25.6. The van der Waals surface area contributed by atoms with Crippen LogP contribution in [0.5, 0.6) is 0 Å². The topological polar surface area (TPSA) is 49.0 Å². The normalized spacial score (nSPS) is 12.2. The van der Waals surface area contributed by atoms with Crippen molar-refractivity contribution >= 4 is 76.6 Å². The lowest BCUT2D eigenvalue weighted by atomic mass is 10.0. The predicted octanol–water partition coefficient (Wildman–Crippen LogP) is 11.6. The molecule has 0 spiro atoms. The molecule has 0 aliphatic heterocycles. The first-order valence-corrected chi connectivity index (χ1v) is 16.1. The van der Waals surface area contributed by atoms with E-state index in [1.165, 1.54) is 10.8 Å². The van der Waals surface area contributed by atoms with Gasteiger partial charge in [-0.3, -0.25) is 4.57 Å². The summed E-state index contributed by atoms with van der Waals surface area (Å²) in [5.41, 5.74) is 10.8. The lowest BCUT2D eigenvalue weighted by molar-refractivity contribution is 0.574. The maximum atomic E-state index is 6.74. The van der Waals surface area contributed by atoms with Crippen LogP contribution in [0, 0.1) is 0 Å². The van der Waals surface area contributed by atoms with Gasteiger partial charge < -0.3 is 13.4 Å². The Hall–Kier alpha value is -6.59. The third-order valence-electron chi connectivity index (χ3n) is 9.77. The van der Waals surface area contributed by atoms with E-state index >= 15 is 0 Å². The van der Waals surface area contributed by atoms with Gasteiger partial charge in [0, 0.05) is 38.2 Å². The lowest BCUT2D eigenvalue weighted by Gasteiger charge is -2.10. The molecule has 0 atom stereocenters. The number of rotatable bonds is 3. The van der Waals surface area contributed by atoms with Crippen LogP contribution in [-0.2, 0) is 0 Å². The molecule has 11 rings (SSSR count). The van der Waals surface area contributed by atoms with E-state index in [4.69, 9.17) is 13.8 Å². The van der Waals surface area contributed by atoms with Crippen LogP contribution in [-0.4, -0.2) is 14.1 Å². The van der Waals surface area contributed by atoms with Gasteiger partial charge in [0.15, 0.2) is 5.58 Å². The van der Waals surface area contributed by atoms with E-state index in [2.05, 4.69) is 143 Å². The van der Waals surface area contributed by atoms with E-state index in [0.717, 1.165) is 77.1 Å². The number of aromatic nitrogens is 3. The molecule has 0 saturated heterocycles. The number of para-hydroxylation sites is 4. The van der Waals surface area contributed by atoms with Crippen molar-refractivity contribution in [3.63, 3.8) is 0 Å². The minimum absolute atomic E-state index is 0.523. The number of furan rings is 1. The maximum absolute atomic E-state index is 6.74. The summed E-state index contributed by atoms with van der Waals surface area (Å²) in [4.78, 5) is 5.30. The fraction of sp³-hybridized carbons (Fsp3) is 0. The van der Waals surface area contributed by atoms with Gasteiger partial charge in [-0.25, -0.2) is 0 Å². The summed E-state index contributed by atoms with van der Waals surface area (Å²) in [6.45, 7) is 0. The first-order chi connectivity index (χ1) is 23.8. The SMILES string of the molecule is c1ccc(-c2cccc3c2oc2ccc4oc(-n5c6ccccc6c6ccc7c8ccccc8n(-c8ccccc8)c7c65)nc4c23)cc1. The Bertz CT molecular complexity index is 3050. The number of hydrogen-bond acceptors (Lipinski definition) is 3. The molecule has 0 radical (unpaired) electrons. The molecule has 0 aliphatic rings. The molecule has 48 heavy (non-hydrogen) atoms. The smallest absolute Gasteiger partial charge is 0.307 e. The van der Waals surface area contributed by atoms with E-state index in [1.54, 1.807) is 0 Å². The summed E-state index contributed by atoms with van der Waals surface area (Å²) >= 11 is 0. The fourth-order valence-corrected chi connectivity index (χ4v) is 7.75. The molecule has 0 bridgehead atoms. The van der Waals surface area contributed by atoms with E-state index in [0.29, 0.717) is 11.6 Å². The summed E-state index contributed by atoms with van der Waals surface area (Å²) in [5, 5.41) is 6.65. The Labute approximate surface area is 273 Å². The highest BCUT2D eigenvalue weighted by atomic mass is 16.4. The lowest BCUT2D eigenvalue weighted by Crippen LogP contribution is -1.98. The number of fused-ring (bicyclic) bond motifs is 12. The van der Waals surface area contributed by atoms with Crippen LogP contribution in [0.4, 0.5) is 0 Å². The first-order valence-electron chi connectivity index (χ1n) is 16.1. The summed E-state index contributed by atoms with van der Waals surface area (Å²) in [7, 11) is 0. The molecule has 0 fully saturated rings. The van der Waals surface area contributed by atoms with Crippen LogP contribution in [0.15, 0.2) is 160 Å². The Morgan fingerprint density at radius 1 is 0.438 bits per heavy atom. The monoisotopic (exact) mass is 615 g/mol. The highest BCUT2D eigenvalue weighted by molar-refractivity contribution is 6.24. The van der Waals surface area contributed by atoms with Crippen LogP contribution in [0.3, 0.4) is 0 Å². The van der Waals surface area contributed by atoms with Gasteiger partial charge in [0.1, 0.15) is 16.7 Å². The van der Waals surface area contributed by atoms with Crippen LogP contribution in [0.1, 0.15) is 0 Å². The average molecular weight is 616 g/mol. The van der Waals surface area contributed by atoms with Crippen molar-refractivity contribution in [3.8, 4) is 22.8 Å². The maximum Gasteiger partial charge on any atom is 0.307 e. The standard InChI is InChI=1S/C43H25N3O2/c1-3-12-26(13-4-1)28-18-11-19-33-38-36(47-42(28)33)24-25-37-39(38)44-43(48-37)46-35-21-10-8-17-30(35)32-23-22-31-29-16-7-9-20-34(29)45(40(31)41(32)46)27-14-5-2-6-15-27/h1-25H. The minimum Gasteiger partial charge on any atom is -0.455 e. The minimum atomic E-state index is 0.523. The fourth-order valence-electron chi connectivity index (χ4n) is 7.75. The van der Waals surface area contributed by atoms with Gasteiger partial charge >= 0.3 is 6.01 Å². The number of nitrogens with zero attached hydrogens (tertiary/aromatic N) is 3.